The van der Waals surface area contributed by atoms with Crippen LogP contribution in [0.1, 0.15) is 37.4 Å². The van der Waals surface area contributed by atoms with Crippen LogP contribution in [0.3, 0.4) is 0 Å². The van der Waals surface area contributed by atoms with Crippen LogP contribution in [0.25, 0.3) is 0 Å². The fourth-order valence-corrected chi connectivity index (χ4v) is 3.01. The van der Waals surface area contributed by atoms with Crippen LogP contribution in [0.15, 0.2) is 42.5 Å². The normalized spacial score (nSPS) is 13.5. The van der Waals surface area contributed by atoms with Crippen LogP contribution in [0.2, 0.25) is 0 Å². The van der Waals surface area contributed by atoms with E-state index < -0.39 is 5.97 Å². The monoisotopic (exact) mass is 325 g/mol. The summed E-state index contributed by atoms with van der Waals surface area (Å²) in [5.74, 6) is -0.993. The van der Waals surface area contributed by atoms with Crippen molar-refractivity contribution in [3.8, 4) is 0 Å². The van der Waals surface area contributed by atoms with Crippen molar-refractivity contribution in [3.63, 3.8) is 0 Å². The molecule has 124 valence electrons. The Balaban J connectivity index is 1.81. The zero-order valence-corrected chi connectivity index (χ0v) is 13.5. The van der Waals surface area contributed by atoms with Crippen LogP contribution in [0.5, 0.6) is 0 Å². The lowest BCUT2D eigenvalue weighted by molar-refractivity contribution is 0.0696. The number of hydrogen-bond acceptors (Lipinski definition) is 3. The van der Waals surface area contributed by atoms with Crippen molar-refractivity contribution in [1.82, 2.24) is 4.90 Å². The molecule has 0 bridgehead atoms. The largest absolute Gasteiger partial charge is 0.478 e. The summed E-state index contributed by atoms with van der Waals surface area (Å²) in [4.78, 5) is 25.6. The molecule has 3 rings (SSSR count). The number of hydrogen-bond donors (Lipinski definition) is 1. The zero-order valence-electron chi connectivity index (χ0n) is 13.5. The number of carboxylic acid groups (broad SMARTS) is 1. The van der Waals surface area contributed by atoms with Gasteiger partial charge in [-0.15, -0.1) is 0 Å². The maximum atomic E-state index is 12.8. The van der Waals surface area contributed by atoms with E-state index in [0.717, 1.165) is 23.1 Å². The number of benzene rings is 2. The fraction of sp³-hybridized carbons (Fsp3) is 0.263. The minimum atomic E-state index is -0.950. The third kappa shape index (κ3) is 3.31. The van der Waals surface area contributed by atoms with Gasteiger partial charge in [0.25, 0.3) is 5.91 Å². The summed E-state index contributed by atoms with van der Waals surface area (Å²) >= 11 is 0. The first kappa shape index (κ1) is 16.2. The number of carbonyl (C=O) groups excluding carboxylic acids is 1. The first-order chi connectivity index (χ1) is 11.6. The molecule has 0 saturated heterocycles. The SMILES string of the molecule is COCc1cccc(C(=O)N2CCc3ccc(C(=O)O)cc3C2)c1. The minimum absolute atomic E-state index is 0.0423. The average molecular weight is 325 g/mol. The minimum Gasteiger partial charge on any atom is -0.478 e. The highest BCUT2D eigenvalue weighted by Gasteiger charge is 2.22. The topological polar surface area (TPSA) is 66.8 Å². The lowest BCUT2D eigenvalue weighted by atomic mass is 9.96. The van der Waals surface area contributed by atoms with E-state index in [1.165, 1.54) is 0 Å². The zero-order chi connectivity index (χ0) is 17.1. The van der Waals surface area contributed by atoms with Crippen LogP contribution in [-0.4, -0.2) is 35.5 Å². The van der Waals surface area contributed by atoms with Gasteiger partial charge in [0.2, 0.25) is 0 Å². The number of methoxy groups -OCH3 is 1. The highest BCUT2D eigenvalue weighted by Crippen LogP contribution is 2.22. The van der Waals surface area contributed by atoms with Crippen LogP contribution >= 0.6 is 0 Å². The Morgan fingerprint density at radius 1 is 1.12 bits per heavy atom. The van der Waals surface area contributed by atoms with E-state index in [-0.39, 0.29) is 11.5 Å². The molecule has 0 atom stereocenters. The van der Waals surface area contributed by atoms with Crippen molar-refractivity contribution >= 4 is 11.9 Å². The summed E-state index contributed by atoms with van der Waals surface area (Å²) in [6, 6.07) is 12.5. The molecule has 1 amide bonds. The fourth-order valence-electron chi connectivity index (χ4n) is 3.01. The van der Waals surface area contributed by atoms with E-state index in [2.05, 4.69) is 0 Å². The summed E-state index contributed by atoms with van der Waals surface area (Å²) in [6.07, 6.45) is 0.735. The van der Waals surface area contributed by atoms with Crippen LogP contribution < -0.4 is 0 Å². The summed E-state index contributed by atoms with van der Waals surface area (Å²) in [5.41, 5.74) is 3.85. The molecule has 1 heterocycles. The molecule has 0 saturated carbocycles. The highest BCUT2D eigenvalue weighted by atomic mass is 16.5. The van der Waals surface area contributed by atoms with Gasteiger partial charge in [0, 0.05) is 25.8 Å². The molecule has 1 aliphatic rings. The molecule has 24 heavy (non-hydrogen) atoms. The third-order valence-corrected chi connectivity index (χ3v) is 4.24. The lowest BCUT2D eigenvalue weighted by Crippen LogP contribution is -2.36. The molecule has 5 heteroatoms. The van der Waals surface area contributed by atoms with E-state index in [1.807, 2.05) is 24.3 Å². The second kappa shape index (κ2) is 6.84. The molecule has 1 aliphatic heterocycles. The van der Waals surface area contributed by atoms with Gasteiger partial charge in [-0.2, -0.15) is 0 Å². The first-order valence-corrected chi connectivity index (χ1v) is 7.80. The smallest absolute Gasteiger partial charge is 0.335 e. The van der Waals surface area contributed by atoms with Crippen molar-refractivity contribution in [2.24, 2.45) is 0 Å². The van der Waals surface area contributed by atoms with E-state index >= 15 is 0 Å². The molecule has 0 radical (unpaired) electrons. The molecular formula is C19H19NO4. The number of carbonyl (C=O) groups is 2. The molecule has 2 aromatic carbocycles. The Bertz CT molecular complexity index is 785. The van der Waals surface area contributed by atoms with Crippen molar-refractivity contribution in [3.05, 3.63) is 70.3 Å². The van der Waals surface area contributed by atoms with Crippen molar-refractivity contribution < 1.29 is 19.4 Å². The predicted molar refractivity (Wildman–Crippen MR) is 89.0 cm³/mol. The molecule has 0 spiro atoms. The summed E-state index contributed by atoms with van der Waals surface area (Å²) in [7, 11) is 1.62. The van der Waals surface area contributed by atoms with Crippen molar-refractivity contribution in [2.45, 2.75) is 19.6 Å². The average Bonchev–Trinajstić information content (AvgIpc) is 2.60. The Morgan fingerprint density at radius 2 is 1.96 bits per heavy atom. The van der Waals surface area contributed by atoms with Gasteiger partial charge in [-0.1, -0.05) is 18.2 Å². The maximum Gasteiger partial charge on any atom is 0.335 e. The predicted octanol–water partition coefficient (Wildman–Crippen LogP) is 2.73. The Kier molecular flexibility index (Phi) is 4.62. The van der Waals surface area contributed by atoms with Gasteiger partial charge in [0.1, 0.15) is 0 Å². The van der Waals surface area contributed by atoms with Gasteiger partial charge in [0.15, 0.2) is 0 Å². The summed E-state index contributed by atoms with van der Waals surface area (Å²) in [5, 5.41) is 9.13. The molecule has 2 aromatic rings. The number of carboxylic acids is 1. The molecule has 1 N–H and O–H groups in total. The number of aromatic carboxylic acids is 1. The van der Waals surface area contributed by atoms with E-state index in [0.29, 0.717) is 25.3 Å². The van der Waals surface area contributed by atoms with Gasteiger partial charge in [-0.05, 0) is 47.4 Å². The van der Waals surface area contributed by atoms with Crippen molar-refractivity contribution in [1.29, 1.82) is 0 Å². The maximum absolute atomic E-state index is 12.8. The Labute approximate surface area is 140 Å². The lowest BCUT2D eigenvalue weighted by Gasteiger charge is -2.29. The van der Waals surface area contributed by atoms with E-state index in [1.54, 1.807) is 30.2 Å². The third-order valence-electron chi connectivity index (χ3n) is 4.24. The van der Waals surface area contributed by atoms with Crippen LogP contribution in [-0.2, 0) is 24.3 Å². The van der Waals surface area contributed by atoms with Gasteiger partial charge < -0.3 is 14.7 Å². The number of amides is 1. The van der Waals surface area contributed by atoms with E-state index in [9.17, 15) is 9.59 Å². The van der Waals surface area contributed by atoms with Crippen molar-refractivity contribution in [2.75, 3.05) is 13.7 Å². The van der Waals surface area contributed by atoms with Crippen LogP contribution in [0.4, 0.5) is 0 Å². The second-order valence-electron chi connectivity index (χ2n) is 5.90. The van der Waals surface area contributed by atoms with Gasteiger partial charge in [0.05, 0.1) is 12.2 Å². The van der Waals surface area contributed by atoms with Gasteiger partial charge >= 0.3 is 5.97 Å². The molecule has 0 aromatic heterocycles. The molecule has 0 aliphatic carbocycles. The number of rotatable bonds is 4. The summed E-state index contributed by atoms with van der Waals surface area (Å²) < 4.78 is 5.11. The molecule has 5 nitrogen and oxygen atoms in total. The van der Waals surface area contributed by atoms with E-state index in [4.69, 9.17) is 9.84 Å². The standard InChI is InChI=1S/C19H19NO4/c1-24-12-13-3-2-4-15(9-13)18(21)20-8-7-14-5-6-16(19(22)23)10-17(14)11-20/h2-6,9-10H,7-8,11-12H2,1H3,(H,22,23). The second-order valence-corrected chi connectivity index (χ2v) is 5.90. The highest BCUT2D eigenvalue weighted by molar-refractivity contribution is 5.94. The number of fused-ring (bicyclic) bond motifs is 1. The van der Waals surface area contributed by atoms with Crippen LogP contribution in [0, 0.1) is 0 Å². The Hall–Kier alpha value is -2.66. The quantitative estimate of drug-likeness (QED) is 0.938. The van der Waals surface area contributed by atoms with Gasteiger partial charge in [-0.25, -0.2) is 4.79 Å². The Morgan fingerprint density at radius 3 is 2.71 bits per heavy atom. The number of nitrogens with zero attached hydrogens (tertiary/aromatic N) is 1. The number of ether oxygens (including phenoxy) is 1. The van der Waals surface area contributed by atoms with Gasteiger partial charge in [-0.3, -0.25) is 4.79 Å². The first-order valence-electron chi connectivity index (χ1n) is 7.80. The molecular weight excluding hydrogens is 306 g/mol. The summed E-state index contributed by atoms with van der Waals surface area (Å²) in [6.45, 7) is 1.53. The molecule has 0 unspecified atom stereocenters. The molecule has 0 fully saturated rings.